The molecule has 0 amide bonds. The minimum atomic E-state index is -0.172. The standard InChI is InChI=1S/C17H16FN/c18-16-8-9-17-15(13-16)10-12-19(17)11-4-7-14-5-2-1-3-6-14/h1-3,5-6,8-10,12-13H,4,7,11H2. The highest BCUT2D eigenvalue weighted by Gasteiger charge is 2.02. The van der Waals surface area contributed by atoms with Crippen LogP contribution in [0.15, 0.2) is 60.8 Å². The highest BCUT2D eigenvalue weighted by Crippen LogP contribution is 2.17. The Balaban J connectivity index is 1.69. The van der Waals surface area contributed by atoms with Crippen LogP contribution in [0.2, 0.25) is 0 Å². The molecule has 1 nitrogen and oxygen atoms in total. The lowest BCUT2D eigenvalue weighted by atomic mass is 10.1. The molecular formula is C17H16FN. The summed E-state index contributed by atoms with van der Waals surface area (Å²) in [5.41, 5.74) is 2.47. The van der Waals surface area contributed by atoms with Gasteiger partial charge >= 0.3 is 0 Å². The van der Waals surface area contributed by atoms with Gasteiger partial charge in [0.2, 0.25) is 0 Å². The number of hydrogen-bond donors (Lipinski definition) is 0. The second kappa shape index (κ2) is 5.27. The average molecular weight is 253 g/mol. The summed E-state index contributed by atoms with van der Waals surface area (Å²) in [5.74, 6) is -0.172. The third kappa shape index (κ3) is 2.68. The summed E-state index contributed by atoms with van der Waals surface area (Å²) in [6.45, 7) is 0.962. The summed E-state index contributed by atoms with van der Waals surface area (Å²) < 4.78 is 15.3. The highest BCUT2D eigenvalue weighted by molar-refractivity contribution is 5.80. The molecule has 3 aromatic rings. The van der Waals surface area contributed by atoms with Gasteiger partial charge in [0, 0.05) is 23.6 Å². The molecule has 0 saturated carbocycles. The predicted molar refractivity (Wildman–Crippen MR) is 76.7 cm³/mol. The minimum Gasteiger partial charge on any atom is -0.347 e. The molecule has 0 aliphatic carbocycles. The third-order valence-electron chi connectivity index (χ3n) is 3.44. The maximum Gasteiger partial charge on any atom is 0.123 e. The summed E-state index contributed by atoms with van der Waals surface area (Å²) in [4.78, 5) is 0. The molecule has 0 fully saturated rings. The van der Waals surface area contributed by atoms with Crippen LogP contribution in [0.5, 0.6) is 0 Å². The maximum atomic E-state index is 13.1. The van der Waals surface area contributed by atoms with E-state index in [0.717, 1.165) is 30.3 Å². The second-order valence-electron chi connectivity index (χ2n) is 4.80. The van der Waals surface area contributed by atoms with Crippen LogP contribution < -0.4 is 0 Å². The highest BCUT2D eigenvalue weighted by atomic mass is 19.1. The molecule has 2 heteroatoms. The lowest BCUT2D eigenvalue weighted by molar-refractivity contribution is 0.628. The number of nitrogens with zero attached hydrogens (tertiary/aromatic N) is 1. The van der Waals surface area contributed by atoms with Gasteiger partial charge in [-0.2, -0.15) is 0 Å². The fraction of sp³-hybridized carbons (Fsp3) is 0.176. The van der Waals surface area contributed by atoms with Gasteiger partial charge in [-0.15, -0.1) is 0 Å². The van der Waals surface area contributed by atoms with Gasteiger partial charge in [0.25, 0.3) is 0 Å². The summed E-state index contributed by atoms with van der Waals surface area (Å²) in [6.07, 6.45) is 4.20. The molecule has 0 saturated heterocycles. The van der Waals surface area contributed by atoms with Crippen LogP contribution in [0.1, 0.15) is 12.0 Å². The van der Waals surface area contributed by atoms with Gasteiger partial charge in [0.1, 0.15) is 5.82 Å². The van der Waals surface area contributed by atoms with Crippen molar-refractivity contribution >= 4 is 10.9 Å². The van der Waals surface area contributed by atoms with Crippen molar-refractivity contribution in [2.24, 2.45) is 0 Å². The number of rotatable bonds is 4. The fourth-order valence-electron chi connectivity index (χ4n) is 2.46. The molecule has 0 radical (unpaired) electrons. The molecular weight excluding hydrogens is 237 g/mol. The third-order valence-corrected chi connectivity index (χ3v) is 3.44. The molecule has 2 aromatic carbocycles. The Morgan fingerprint density at radius 3 is 2.63 bits per heavy atom. The molecule has 0 bridgehead atoms. The monoisotopic (exact) mass is 253 g/mol. The molecule has 3 rings (SSSR count). The Kier molecular flexibility index (Phi) is 3.32. The largest absolute Gasteiger partial charge is 0.347 e. The van der Waals surface area contributed by atoms with Gasteiger partial charge < -0.3 is 4.57 Å². The second-order valence-corrected chi connectivity index (χ2v) is 4.80. The first-order valence-electron chi connectivity index (χ1n) is 6.61. The van der Waals surface area contributed by atoms with Crippen molar-refractivity contribution in [2.75, 3.05) is 0 Å². The molecule has 0 spiro atoms. The molecule has 0 unspecified atom stereocenters. The zero-order chi connectivity index (χ0) is 13.1. The SMILES string of the molecule is Fc1ccc2c(ccn2CCCc2ccccc2)c1. The van der Waals surface area contributed by atoms with Crippen molar-refractivity contribution in [1.82, 2.24) is 4.57 Å². The number of hydrogen-bond acceptors (Lipinski definition) is 0. The van der Waals surface area contributed by atoms with Crippen LogP contribution in [0.25, 0.3) is 10.9 Å². The smallest absolute Gasteiger partial charge is 0.123 e. The van der Waals surface area contributed by atoms with E-state index < -0.39 is 0 Å². The molecule has 0 aliphatic heterocycles. The van der Waals surface area contributed by atoms with Crippen LogP contribution in [0.3, 0.4) is 0 Å². The van der Waals surface area contributed by atoms with Crippen molar-refractivity contribution in [3.8, 4) is 0 Å². The molecule has 1 aromatic heterocycles. The van der Waals surface area contributed by atoms with Gasteiger partial charge in [0.15, 0.2) is 0 Å². The Bertz CT molecular complexity index is 670. The Morgan fingerprint density at radius 2 is 1.79 bits per heavy atom. The van der Waals surface area contributed by atoms with E-state index in [1.54, 1.807) is 6.07 Å². The maximum absolute atomic E-state index is 13.1. The molecule has 1 heterocycles. The fourth-order valence-corrected chi connectivity index (χ4v) is 2.46. The number of halogens is 1. The van der Waals surface area contributed by atoms with Crippen LogP contribution in [-0.4, -0.2) is 4.57 Å². The lowest BCUT2D eigenvalue weighted by Gasteiger charge is -2.05. The van der Waals surface area contributed by atoms with Crippen molar-refractivity contribution in [2.45, 2.75) is 19.4 Å². The topological polar surface area (TPSA) is 4.93 Å². The molecule has 0 aliphatic rings. The summed E-state index contributed by atoms with van der Waals surface area (Å²) in [5, 5.41) is 0.972. The van der Waals surface area contributed by atoms with E-state index in [4.69, 9.17) is 0 Å². The van der Waals surface area contributed by atoms with Gasteiger partial charge in [-0.25, -0.2) is 4.39 Å². The number of aromatic nitrogens is 1. The average Bonchev–Trinajstić information content (AvgIpc) is 2.82. The first kappa shape index (κ1) is 12.0. The zero-order valence-electron chi connectivity index (χ0n) is 10.7. The molecule has 19 heavy (non-hydrogen) atoms. The lowest BCUT2D eigenvalue weighted by Crippen LogP contribution is -1.98. The van der Waals surface area contributed by atoms with Crippen molar-refractivity contribution in [3.63, 3.8) is 0 Å². The van der Waals surface area contributed by atoms with Crippen LogP contribution >= 0.6 is 0 Å². The van der Waals surface area contributed by atoms with E-state index in [9.17, 15) is 4.39 Å². The van der Waals surface area contributed by atoms with Gasteiger partial charge in [-0.3, -0.25) is 0 Å². The van der Waals surface area contributed by atoms with Crippen LogP contribution in [-0.2, 0) is 13.0 Å². The summed E-state index contributed by atoms with van der Waals surface area (Å²) in [6, 6.07) is 17.4. The van der Waals surface area contributed by atoms with Gasteiger partial charge in [0.05, 0.1) is 0 Å². The van der Waals surface area contributed by atoms with E-state index in [-0.39, 0.29) is 5.82 Å². The minimum absolute atomic E-state index is 0.172. The Labute approximate surface area is 112 Å². The number of fused-ring (bicyclic) bond motifs is 1. The quantitative estimate of drug-likeness (QED) is 0.649. The van der Waals surface area contributed by atoms with Crippen LogP contribution in [0.4, 0.5) is 4.39 Å². The first-order chi connectivity index (χ1) is 9.33. The first-order valence-corrected chi connectivity index (χ1v) is 6.61. The Morgan fingerprint density at radius 1 is 0.947 bits per heavy atom. The number of benzene rings is 2. The van der Waals surface area contributed by atoms with E-state index in [1.807, 2.05) is 24.4 Å². The van der Waals surface area contributed by atoms with Crippen molar-refractivity contribution in [3.05, 3.63) is 72.2 Å². The molecule has 96 valence electrons. The summed E-state index contributed by atoms with van der Waals surface area (Å²) >= 11 is 0. The van der Waals surface area contributed by atoms with E-state index >= 15 is 0 Å². The normalized spacial score (nSPS) is 11.0. The summed E-state index contributed by atoms with van der Waals surface area (Å²) in [7, 11) is 0. The van der Waals surface area contributed by atoms with Crippen molar-refractivity contribution in [1.29, 1.82) is 0 Å². The van der Waals surface area contributed by atoms with Gasteiger partial charge in [-0.05, 0) is 42.7 Å². The molecule has 0 N–H and O–H groups in total. The van der Waals surface area contributed by atoms with Crippen molar-refractivity contribution < 1.29 is 4.39 Å². The van der Waals surface area contributed by atoms with E-state index in [0.29, 0.717) is 0 Å². The van der Waals surface area contributed by atoms with Crippen LogP contribution in [0, 0.1) is 5.82 Å². The zero-order valence-corrected chi connectivity index (χ0v) is 10.7. The van der Waals surface area contributed by atoms with Gasteiger partial charge in [-0.1, -0.05) is 30.3 Å². The number of aryl methyl sites for hydroxylation is 2. The molecule has 0 atom stereocenters. The Hall–Kier alpha value is -2.09. The predicted octanol–water partition coefficient (Wildman–Crippen LogP) is 4.41. The van der Waals surface area contributed by atoms with E-state index in [2.05, 4.69) is 28.8 Å². The van der Waals surface area contributed by atoms with E-state index in [1.165, 1.54) is 11.6 Å².